The molecule has 0 aliphatic carbocycles. The van der Waals surface area contributed by atoms with E-state index in [1.165, 1.54) is 12.1 Å². The normalized spacial score (nSPS) is 14.5. The third-order valence-electron chi connectivity index (χ3n) is 6.93. The maximum atomic E-state index is 14.1. The fourth-order valence-corrected chi connectivity index (χ4v) is 4.99. The SMILES string of the molecule is CCCn1c(-c2ccccc2)cc(C(=O)CCCCN2CCN(c3ccc(F)cc3F)CC2)c1C. The molecule has 0 spiro atoms. The van der Waals surface area contributed by atoms with Crippen LogP contribution in [0.15, 0.2) is 54.6 Å². The number of halogens is 2. The molecular formula is C29H35F2N3O. The van der Waals surface area contributed by atoms with Crippen LogP contribution in [-0.4, -0.2) is 48.0 Å². The Labute approximate surface area is 207 Å². The van der Waals surface area contributed by atoms with E-state index in [2.05, 4.69) is 41.5 Å². The van der Waals surface area contributed by atoms with Crippen molar-refractivity contribution in [2.75, 3.05) is 37.6 Å². The van der Waals surface area contributed by atoms with Crippen molar-refractivity contribution in [1.29, 1.82) is 0 Å². The minimum Gasteiger partial charge on any atom is -0.367 e. The zero-order valence-corrected chi connectivity index (χ0v) is 20.8. The third kappa shape index (κ3) is 5.99. The van der Waals surface area contributed by atoms with Crippen LogP contribution in [0.5, 0.6) is 0 Å². The van der Waals surface area contributed by atoms with Crippen molar-refractivity contribution in [1.82, 2.24) is 9.47 Å². The van der Waals surface area contributed by atoms with Gasteiger partial charge in [-0.25, -0.2) is 8.78 Å². The molecule has 0 N–H and O–H groups in total. The summed E-state index contributed by atoms with van der Waals surface area (Å²) < 4.78 is 29.5. The number of hydrogen-bond donors (Lipinski definition) is 0. The standard InChI is InChI=1S/C29H35F2N3O/c1-3-14-34-22(2)25(21-28(34)23-9-5-4-6-10-23)29(35)11-7-8-15-32-16-18-33(19-17-32)27-13-12-24(30)20-26(27)31/h4-6,9-10,12-13,20-21H,3,7-8,11,14-19H2,1-2H3. The zero-order chi connectivity index (χ0) is 24.8. The number of Topliss-reactive ketones (excluding diaryl/α,β-unsaturated/α-hetero) is 1. The summed E-state index contributed by atoms with van der Waals surface area (Å²) in [5, 5.41) is 0. The average molecular weight is 480 g/mol. The van der Waals surface area contributed by atoms with Crippen LogP contribution in [0, 0.1) is 18.6 Å². The van der Waals surface area contributed by atoms with Gasteiger partial charge in [-0.05, 0) is 56.5 Å². The molecule has 1 aromatic heterocycles. The number of hydrogen-bond acceptors (Lipinski definition) is 3. The van der Waals surface area contributed by atoms with E-state index in [0.717, 1.165) is 74.0 Å². The highest BCUT2D eigenvalue weighted by molar-refractivity contribution is 5.98. The molecule has 1 fully saturated rings. The van der Waals surface area contributed by atoms with E-state index in [-0.39, 0.29) is 5.78 Å². The van der Waals surface area contributed by atoms with Crippen LogP contribution in [0.1, 0.15) is 48.7 Å². The lowest BCUT2D eigenvalue weighted by Crippen LogP contribution is -2.46. The second-order valence-electron chi connectivity index (χ2n) is 9.35. The molecule has 0 bridgehead atoms. The molecule has 6 heteroatoms. The summed E-state index contributed by atoms with van der Waals surface area (Å²) in [5.41, 5.74) is 4.62. The first-order valence-corrected chi connectivity index (χ1v) is 12.7. The van der Waals surface area contributed by atoms with Crippen molar-refractivity contribution in [3.8, 4) is 11.3 Å². The maximum Gasteiger partial charge on any atom is 0.164 e. The highest BCUT2D eigenvalue weighted by atomic mass is 19.1. The minimum atomic E-state index is -0.548. The molecule has 186 valence electrons. The molecule has 0 amide bonds. The van der Waals surface area contributed by atoms with Crippen molar-refractivity contribution in [3.63, 3.8) is 0 Å². The quantitative estimate of drug-likeness (QED) is 0.251. The largest absolute Gasteiger partial charge is 0.367 e. The fraction of sp³-hybridized carbons (Fsp3) is 0.414. The van der Waals surface area contributed by atoms with Crippen LogP contribution in [0.2, 0.25) is 0 Å². The number of nitrogens with zero attached hydrogens (tertiary/aromatic N) is 3. The number of aromatic nitrogens is 1. The Morgan fingerprint density at radius 3 is 2.34 bits per heavy atom. The highest BCUT2D eigenvalue weighted by Crippen LogP contribution is 2.28. The summed E-state index contributed by atoms with van der Waals surface area (Å²) in [5.74, 6) is -0.838. The van der Waals surface area contributed by atoms with E-state index in [9.17, 15) is 13.6 Å². The number of piperazine rings is 1. The molecule has 4 nitrogen and oxygen atoms in total. The lowest BCUT2D eigenvalue weighted by molar-refractivity contribution is 0.0977. The molecule has 2 heterocycles. The number of unbranched alkanes of at least 4 members (excludes halogenated alkanes) is 1. The van der Waals surface area contributed by atoms with Crippen molar-refractivity contribution in [3.05, 3.63) is 77.5 Å². The van der Waals surface area contributed by atoms with Crippen molar-refractivity contribution in [2.24, 2.45) is 0 Å². The molecule has 4 rings (SSSR count). The predicted molar refractivity (Wildman–Crippen MR) is 138 cm³/mol. The highest BCUT2D eigenvalue weighted by Gasteiger charge is 2.21. The van der Waals surface area contributed by atoms with E-state index in [1.54, 1.807) is 0 Å². The van der Waals surface area contributed by atoms with E-state index < -0.39 is 11.6 Å². The van der Waals surface area contributed by atoms with Gasteiger partial charge >= 0.3 is 0 Å². The van der Waals surface area contributed by atoms with Gasteiger partial charge in [-0.15, -0.1) is 0 Å². The summed E-state index contributed by atoms with van der Waals surface area (Å²) in [6.45, 7) is 9.15. The minimum absolute atomic E-state index is 0.214. The smallest absolute Gasteiger partial charge is 0.164 e. The molecule has 1 saturated heterocycles. The predicted octanol–water partition coefficient (Wildman–Crippen LogP) is 6.33. The first kappa shape index (κ1) is 25.1. The van der Waals surface area contributed by atoms with Gasteiger partial charge in [0.15, 0.2) is 5.78 Å². The number of ketones is 1. The number of anilines is 1. The van der Waals surface area contributed by atoms with Gasteiger partial charge in [-0.1, -0.05) is 37.3 Å². The van der Waals surface area contributed by atoms with Crippen molar-refractivity contribution < 1.29 is 13.6 Å². The van der Waals surface area contributed by atoms with Gasteiger partial charge < -0.3 is 9.47 Å². The molecular weight excluding hydrogens is 444 g/mol. The van der Waals surface area contributed by atoms with Gasteiger partial charge in [0.25, 0.3) is 0 Å². The van der Waals surface area contributed by atoms with Crippen LogP contribution in [-0.2, 0) is 6.54 Å². The van der Waals surface area contributed by atoms with Crippen LogP contribution in [0.25, 0.3) is 11.3 Å². The molecule has 0 atom stereocenters. The van der Waals surface area contributed by atoms with Crippen LogP contribution in [0.3, 0.4) is 0 Å². The monoisotopic (exact) mass is 479 g/mol. The molecule has 1 aliphatic heterocycles. The van der Waals surface area contributed by atoms with E-state index in [0.29, 0.717) is 25.2 Å². The van der Waals surface area contributed by atoms with Gasteiger partial charge in [0, 0.05) is 62.2 Å². The van der Waals surface area contributed by atoms with Gasteiger partial charge in [-0.3, -0.25) is 9.69 Å². The fourth-order valence-electron chi connectivity index (χ4n) is 4.99. The van der Waals surface area contributed by atoms with Crippen LogP contribution in [0.4, 0.5) is 14.5 Å². The second kappa shape index (κ2) is 11.6. The molecule has 0 saturated carbocycles. The van der Waals surface area contributed by atoms with E-state index in [4.69, 9.17) is 0 Å². The summed E-state index contributed by atoms with van der Waals surface area (Å²) in [7, 11) is 0. The first-order chi connectivity index (χ1) is 17.0. The third-order valence-corrected chi connectivity index (χ3v) is 6.93. The van der Waals surface area contributed by atoms with Gasteiger partial charge in [0.1, 0.15) is 11.6 Å². The summed E-state index contributed by atoms with van der Waals surface area (Å²) in [6.07, 6.45) is 3.37. The molecule has 0 radical (unpaired) electrons. The maximum absolute atomic E-state index is 14.1. The summed E-state index contributed by atoms with van der Waals surface area (Å²) in [4.78, 5) is 17.4. The Kier molecular flexibility index (Phi) is 8.34. The number of benzene rings is 2. The number of rotatable bonds is 10. The number of carbonyl (C=O) groups excluding carboxylic acids is 1. The molecule has 1 aliphatic rings. The van der Waals surface area contributed by atoms with Crippen LogP contribution >= 0.6 is 0 Å². The Morgan fingerprint density at radius 2 is 1.66 bits per heavy atom. The van der Waals surface area contributed by atoms with E-state index >= 15 is 0 Å². The van der Waals surface area contributed by atoms with Gasteiger partial charge in [0.05, 0.1) is 5.69 Å². The molecule has 2 aromatic carbocycles. The van der Waals surface area contributed by atoms with Crippen molar-refractivity contribution in [2.45, 2.75) is 46.1 Å². The lowest BCUT2D eigenvalue weighted by atomic mass is 10.0. The Morgan fingerprint density at radius 1 is 0.914 bits per heavy atom. The molecule has 3 aromatic rings. The lowest BCUT2D eigenvalue weighted by Gasteiger charge is -2.36. The first-order valence-electron chi connectivity index (χ1n) is 12.7. The molecule has 0 unspecified atom stereocenters. The zero-order valence-electron chi connectivity index (χ0n) is 20.8. The van der Waals surface area contributed by atoms with Crippen LogP contribution < -0.4 is 4.90 Å². The van der Waals surface area contributed by atoms with E-state index in [1.807, 2.05) is 23.1 Å². The second-order valence-corrected chi connectivity index (χ2v) is 9.35. The Bertz CT molecular complexity index is 1130. The summed E-state index contributed by atoms with van der Waals surface area (Å²) in [6, 6.07) is 16.1. The van der Waals surface area contributed by atoms with Gasteiger partial charge in [0.2, 0.25) is 0 Å². The van der Waals surface area contributed by atoms with Crippen molar-refractivity contribution >= 4 is 11.5 Å². The average Bonchev–Trinajstić information content (AvgIpc) is 3.19. The Balaban J connectivity index is 1.27. The summed E-state index contributed by atoms with van der Waals surface area (Å²) >= 11 is 0. The topological polar surface area (TPSA) is 28.5 Å². The number of carbonyl (C=O) groups is 1. The van der Waals surface area contributed by atoms with Gasteiger partial charge in [-0.2, -0.15) is 0 Å². The Hall–Kier alpha value is -2.99. The molecule has 35 heavy (non-hydrogen) atoms.